The zero-order chi connectivity index (χ0) is 16.9. The summed E-state index contributed by atoms with van der Waals surface area (Å²) in [7, 11) is 3.92. The maximum absolute atomic E-state index is 12.1. The predicted molar refractivity (Wildman–Crippen MR) is 96.7 cm³/mol. The van der Waals surface area contributed by atoms with Crippen molar-refractivity contribution in [2.45, 2.75) is 25.7 Å². The molecule has 0 unspecified atom stereocenters. The Kier molecular flexibility index (Phi) is 4.93. The van der Waals surface area contributed by atoms with Crippen LogP contribution in [-0.2, 0) is 4.79 Å². The fraction of sp³-hybridized carbons (Fsp3) is 0.389. The van der Waals surface area contributed by atoms with E-state index in [1.807, 2.05) is 49.3 Å². The van der Waals surface area contributed by atoms with Gasteiger partial charge < -0.3 is 15.5 Å². The quantitative estimate of drug-likeness (QED) is 0.881. The molecule has 1 aliphatic rings. The van der Waals surface area contributed by atoms with Gasteiger partial charge in [0.25, 0.3) is 0 Å². The number of carbonyl (C=O) groups is 1. The van der Waals surface area contributed by atoms with Crippen molar-refractivity contribution in [1.82, 2.24) is 10.2 Å². The molecule has 1 fully saturated rings. The van der Waals surface area contributed by atoms with Gasteiger partial charge in [0, 0.05) is 37.5 Å². The lowest BCUT2D eigenvalue weighted by Gasteiger charge is -2.13. The molecule has 2 N–H and O–H groups in total. The van der Waals surface area contributed by atoms with Crippen molar-refractivity contribution in [2.24, 2.45) is 5.92 Å². The smallest absolute Gasteiger partial charge is 0.227 e. The molecule has 1 saturated carbocycles. The molecule has 1 heterocycles. The van der Waals surface area contributed by atoms with Crippen molar-refractivity contribution in [3.05, 3.63) is 36.5 Å². The number of hydrogen-bond acceptors (Lipinski definition) is 5. The Hall–Kier alpha value is -2.63. The van der Waals surface area contributed by atoms with Gasteiger partial charge in [0.05, 0.1) is 11.9 Å². The van der Waals surface area contributed by atoms with E-state index >= 15 is 0 Å². The summed E-state index contributed by atoms with van der Waals surface area (Å²) in [5, 5.41) is 14.3. The molecule has 0 saturated heterocycles. The van der Waals surface area contributed by atoms with Crippen LogP contribution in [0.5, 0.6) is 0 Å². The van der Waals surface area contributed by atoms with E-state index in [4.69, 9.17) is 0 Å². The standard InChI is InChI=1S/C18H23N5O/c1-23(2)16-11-17(22-19-12-16)20-14-7-9-15(10-8-14)21-18(24)13-5-3-4-6-13/h7-13H,3-6H2,1-2H3,(H,20,22)(H,21,24). The monoisotopic (exact) mass is 325 g/mol. The number of carbonyl (C=O) groups excluding carboxylic acids is 1. The maximum atomic E-state index is 12.1. The van der Waals surface area contributed by atoms with E-state index in [1.165, 1.54) is 0 Å². The molecule has 126 valence electrons. The molecule has 6 heteroatoms. The second-order valence-corrected chi connectivity index (χ2v) is 6.37. The SMILES string of the molecule is CN(C)c1cnnc(Nc2ccc(NC(=O)C3CCCC3)cc2)c1. The molecule has 0 bridgehead atoms. The number of nitrogens with one attached hydrogen (secondary N) is 2. The fourth-order valence-electron chi connectivity index (χ4n) is 2.88. The molecule has 0 radical (unpaired) electrons. The van der Waals surface area contributed by atoms with Gasteiger partial charge in [0.15, 0.2) is 5.82 Å². The summed E-state index contributed by atoms with van der Waals surface area (Å²) in [6.45, 7) is 0. The Morgan fingerprint density at radius 2 is 1.79 bits per heavy atom. The third kappa shape index (κ3) is 4.01. The number of benzene rings is 1. The molecule has 1 aromatic heterocycles. The first-order valence-electron chi connectivity index (χ1n) is 8.30. The van der Waals surface area contributed by atoms with Crippen molar-refractivity contribution in [2.75, 3.05) is 29.6 Å². The molecule has 2 aromatic rings. The summed E-state index contributed by atoms with van der Waals surface area (Å²) in [6, 6.07) is 9.59. The second-order valence-electron chi connectivity index (χ2n) is 6.37. The summed E-state index contributed by atoms with van der Waals surface area (Å²) in [5.41, 5.74) is 2.71. The molecular formula is C18H23N5O. The third-order valence-electron chi connectivity index (χ3n) is 4.31. The van der Waals surface area contributed by atoms with Crippen LogP contribution in [-0.4, -0.2) is 30.2 Å². The fourth-order valence-corrected chi connectivity index (χ4v) is 2.88. The van der Waals surface area contributed by atoms with E-state index in [-0.39, 0.29) is 11.8 Å². The highest BCUT2D eigenvalue weighted by Crippen LogP contribution is 2.26. The number of amides is 1. The molecule has 1 amide bonds. The topological polar surface area (TPSA) is 70.2 Å². The van der Waals surface area contributed by atoms with Gasteiger partial charge in [-0.15, -0.1) is 5.10 Å². The van der Waals surface area contributed by atoms with Gasteiger partial charge in [-0.05, 0) is 37.1 Å². The Bertz CT molecular complexity index is 693. The molecule has 6 nitrogen and oxygen atoms in total. The average molecular weight is 325 g/mol. The summed E-state index contributed by atoms with van der Waals surface area (Å²) in [6.07, 6.45) is 6.05. The van der Waals surface area contributed by atoms with E-state index in [0.29, 0.717) is 5.82 Å². The maximum Gasteiger partial charge on any atom is 0.227 e. The van der Waals surface area contributed by atoms with E-state index in [9.17, 15) is 4.79 Å². The first-order valence-corrected chi connectivity index (χ1v) is 8.30. The summed E-state index contributed by atoms with van der Waals surface area (Å²) in [5.74, 6) is 0.994. The van der Waals surface area contributed by atoms with Crippen LogP contribution in [0.2, 0.25) is 0 Å². The second kappa shape index (κ2) is 7.29. The Morgan fingerprint density at radius 3 is 2.46 bits per heavy atom. The summed E-state index contributed by atoms with van der Waals surface area (Å²) < 4.78 is 0. The van der Waals surface area contributed by atoms with Crippen molar-refractivity contribution < 1.29 is 4.79 Å². The summed E-state index contributed by atoms with van der Waals surface area (Å²) >= 11 is 0. The van der Waals surface area contributed by atoms with E-state index in [2.05, 4.69) is 20.8 Å². The summed E-state index contributed by atoms with van der Waals surface area (Å²) in [4.78, 5) is 14.1. The minimum absolute atomic E-state index is 0.137. The average Bonchev–Trinajstić information content (AvgIpc) is 3.11. The van der Waals surface area contributed by atoms with Crippen LogP contribution in [0.15, 0.2) is 36.5 Å². The highest BCUT2D eigenvalue weighted by atomic mass is 16.1. The van der Waals surface area contributed by atoms with Crippen LogP contribution in [0.25, 0.3) is 0 Å². The van der Waals surface area contributed by atoms with Crippen LogP contribution in [0.4, 0.5) is 22.9 Å². The molecule has 0 aliphatic heterocycles. The van der Waals surface area contributed by atoms with E-state index in [0.717, 1.165) is 42.7 Å². The number of anilines is 4. The molecule has 24 heavy (non-hydrogen) atoms. The lowest BCUT2D eigenvalue weighted by molar-refractivity contribution is -0.119. The number of aromatic nitrogens is 2. The van der Waals surface area contributed by atoms with Gasteiger partial charge in [-0.25, -0.2) is 0 Å². The molecular weight excluding hydrogens is 302 g/mol. The van der Waals surface area contributed by atoms with Crippen molar-refractivity contribution in [1.29, 1.82) is 0 Å². The lowest BCUT2D eigenvalue weighted by Crippen LogP contribution is -2.20. The first kappa shape index (κ1) is 16.2. The van der Waals surface area contributed by atoms with Gasteiger partial charge in [-0.1, -0.05) is 12.8 Å². The predicted octanol–water partition coefficient (Wildman–Crippen LogP) is 3.41. The minimum atomic E-state index is 0.137. The van der Waals surface area contributed by atoms with Crippen molar-refractivity contribution in [3.8, 4) is 0 Å². The van der Waals surface area contributed by atoms with Gasteiger partial charge in [-0.2, -0.15) is 5.10 Å². The van der Waals surface area contributed by atoms with Gasteiger partial charge >= 0.3 is 0 Å². The molecule has 0 spiro atoms. The highest BCUT2D eigenvalue weighted by Gasteiger charge is 2.22. The van der Waals surface area contributed by atoms with Crippen LogP contribution < -0.4 is 15.5 Å². The number of nitrogens with zero attached hydrogens (tertiary/aromatic N) is 3. The number of rotatable bonds is 5. The van der Waals surface area contributed by atoms with Gasteiger partial charge in [-0.3, -0.25) is 4.79 Å². The van der Waals surface area contributed by atoms with Gasteiger partial charge in [0.1, 0.15) is 0 Å². The Morgan fingerprint density at radius 1 is 1.12 bits per heavy atom. The molecule has 1 aliphatic carbocycles. The van der Waals surface area contributed by atoms with Crippen LogP contribution in [0.3, 0.4) is 0 Å². The molecule has 3 rings (SSSR count). The highest BCUT2D eigenvalue weighted by molar-refractivity contribution is 5.92. The molecule has 0 atom stereocenters. The molecule has 1 aromatic carbocycles. The lowest BCUT2D eigenvalue weighted by atomic mass is 10.1. The van der Waals surface area contributed by atoms with E-state index < -0.39 is 0 Å². The Labute approximate surface area is 142 Å². The largest absolute Gasteiger partial charge is 0.376 e. The van der Waals surface area contributed by atoms with Crippen molar-refractivity contribution in [3.63, 3.8) is 0 Å². The Balaban J connectivity index is 1.62. The van der Waals surface area contributed by atoms with Crippen LogP contribution in [0, 0.1) is 5.92 Å². The van der Waals surface area contributed by atoms with Crippen molar-refractivity contribution >= 4 is 28.8 Å². The third-order valence-corrected chi connectivity index (χ3v) is 4.31. The van der Waals surface area contributed by atoms with E-state index in [1.54, 1.807) is 6.20 Å². The first-order chi connectivity index (χ1) is 11.6. The zero-order valence-corrected chi connectivity index (χ0v) is 14.1. The minimum Gasteiger partial charge on any atom is -0.376 e. The zero-order valence-electron chi connectivity index (χ0n) is 14.1. The number of hydrogen-bond donors (Lipinski definition) is 2. The van der Waals surface area contributed by atoms with Crippen LogP contribution >= 0.6 is 0 Å². The normalized spacial score (nSPS) is 14.4. The van der Waals surface area contributed by atoms with Gasteiger partial charge in [0.2, 0.25) is 5.91 Å². The van der Waals surface area contributed by atoms with Crippen LogP contribution in [0.1, 0.15) is 25.7 Å².